The van der Waals surface area contributed by atoms with Crippen molar-refractivity contribution in [1.29, 1.82) is 0 Å². The van der Waals surface area contributed by atoms with Crippen LogP contribution in [0, 0.1) is 0 Å². The SMILES string of the molecule is CCC(C)(CCO)Nc1ccc(Br)cc1C(F)(F)F. The molecule has 0 spiro atoms. The van der Waals surface area contributed by atoms with Crippen molar-refractivity contribution in [2.45, 2.75) is 38.4 Å². The third-order valence-corrected chi connectivity index (χ3v) is 3.66. The number of aliphatic hydroxyl groups excluding tert-OH is 1. The third kappa shape index (κ3) is 4.38. The van der Waals surface area contributed by atoms with Crippen LogP contribution in [0.5, 0.6) is 0 Å². The molecule has 2 nitrogen and oxygen atoms in total. The van der Waals surface area contributed by atoms with E-state index in [0.29, 0.717) is 17.3 Å². The highest BCUT2D eigenvalue weighted by atomic mass is 79.9. The van der Waals surface area contributed by atoms with Gasteiger partial charge in [0.1, 0.15) is 0 Å². The van der Waals surface area contributed by atoms with Crippen LogP contribution in [0.4, 0.5) is 18.9 Å². The van der Waals surface area contributed by atoms with Gasteiger partial charge in [0.25, 0.3) is 0 Å². The predicted octanol–water partition coefficient (Wildman–Crippen LogP) is 4.43. The van der Waals surface area contributed by atoms with Crippen LogP contribution in [0.15, 0.2) is 22.7 Å². The Labute approximate surface area is 119 Å². The molecule has 1 rings (SSSR count). The van der Waals surface area contributed by atoms with Crippen molar-refractivity contribution in [2.75, 3.05) is 11.9 Å². The molecule has 0 amide bonds. The van der Waals surface area contributed by atoms with Gasteiger partial charge in [-0.15, -0.1) is 0 Å². The fourth-order valence-electron chi connectivity index (χ4n) is 1.76. The first-order chi connectivity index (χ1) is 8.72. The van der Waals surface area contributed by atoms with Crippen LogP contribution < -0.4 is 5.32 Å². The highest BCUT2D eigenvalue weighted by molar-refractivity contribution is 9.10. The molecule has 0 saturated heterocycles. The summed E-state index contributed by atoms with van der Waals surface area (Å²) < 4.78 is 39.3. The Balaban J connectivity index is 3.13. The van der Waals surface area contributed by atoms with Gasteiger partial charge in [-0.1, -0.05) is 22.9 Å². The number of aliphatic hydroxyl groups is 1. The molecule has 0 radical (unpaired) electrons. The van der Waals surface area contributed by atoms with Gasteiger partial charge < -0.3 is 10.4 Å². The molecule has 0 bridgehead atoms. The molecule has 0 heterocycles. The Morgan fingerprint density at radius 1 is 1.32 bits per heavy atom. The fourth-order valence-corrected chi connectivity index (χ4v) is 2.12. The van der Waals surface area contributed by atoms with Gasteiger partial charge in [-0.2, -0.15) is 13.2 Å². The number of hydrogen-bond acceptors (Lipinski definition) is 2. The van der Waals surface area contributed by atoms with Crippen LogP contribution in [-0.2, 0) is 6.18 Å². The van der Waals surface area contributed by atoms with Crippen molar-refractivity contribution in [1.82, 2.24) is 0 Å². The minimum absolute atomic E-state index is 0.0356. The third-order valence-electron chi connectivity index (χ3n) is 3.17. The van der Waals surface area contributed by atoms with E-state index >= 15 is 0 Å². The minimum Gasteiger partial charge on any atom is -0.396 e. The summed E-state index contributed by atoms with van der Waals surface area (Å²) in [5.41, 5.74) is -1.24. The van der Waals surface area contributed by atoms with E-state index in [9.17, 15) is 13.2 Å². The molecule has 6 heteroatoms. The molecule has 0 aliphatic rings. The predicted molar refractivity (Wildman–Crippen MR) is 73.2 cm³/mol. The molecule has 2 N–H and O–H groups in total. The maximum Gasteiger partial charge on any atom is 0.418 e. The van der Waals surface area contributed by atoms with Crippen molar-refractivity contribution >= 4 is 21.6 Å². The topological polar surface area (TPSA) is 32.3 Å². The summed E-state index contributed by atoms with van der Waals surface area (Å²) in [6.45, 7) is 3.59. The van der Waals surface area contributed by atoms with E-state index in [2.05, 4.69) is 21.2 Å². The Bertz CT molecular complexity index is 436. The molecule has 0 aromatic heterocycles. The van der Waals surface area contributed by atoms with Gasteiger partial charge in [0, 0.05) is 22.3 Å². The van der Waals surface area contributed by atoms with E-state index in [-0.39, 0.29) is 12.3 Å². The number of benzene rings is 1. The van der Waals surface area contributed by atoms with Gasteiger partial charge >= 0.3 is 6.18 Å². The molecule has 0 saturated carbocycles. The van der Waals surface area contributed by atoms with Crippen LogP contribution >= 0.6 is 15.9 Å². The highest BCUT2D eigenvalue weighted by Gasteiger charge is 2.35. The lowest BCUT2D eigenvalue weighted by Crippen LogP contribution is -2.35. The highest BCUT2D eigenvalue weighted by Crippen LogP contribution is 2.38. The molecule has 1 unspecified atom stereocenters. The van der Waals surface area contributed by atoms with Crippen LogP contribution in [0.25, 0.3) is 0 Å². The lowest BCUT2D eigenvalue weighted by atomic mass is 9.94. The summed E-state index contributed by atoms with van der Waals surface area (Å²) in [7, 11) is 0. The van der Waals surface area contributed by atoms with Gasteiger partial charge in [0.15, 0.2) is 0 Å². The smallest absolute Gasteiger partial charge is 0.396 e. The Kier molecular flexibility index (Phi) is 5.26. The second kappa shape index (κ2) is 6.13. The molecule has 108 valence electrons. The van der Waals surface area contributed by atoms with Crippen molar-refractivity contribution in [3.63, 3.8) is 0 Å². The van der Waals surface area contributed by atoms with E-state index in [1.165, 1.54) is 6.07 Å². The molecule has 19 heavy (non-hydrogen) atoms. The zero-order valence-corrected chi connectivity index (χ0v) is 12.4. The summed E-state index contributed by atoms with van der Waals surface area (Å²) in [6.07, 6.45) is -3.42. The van der Waals surface area contributed by atoms with Gasteiger partial charge in [-0.05, 0) is 38.0 Å². The van der Waals surface area contributed by atoms with Crippen molar-refractivity contribution < 1.29 is 18.3 Å². The molecule has 1 aromatic carbocycles. The summed E-state index contributed by atoms with van der Waals surface area (Å²) in [4.78, 5) is 0. The van der Waals surface area contributed by atoms with Gasteiger partial charge in [0.2, 0.25) is 0 Å². The molecular weight excluding hydrogens is 323 g/mol. The first-order valence-corrected chi connectivity index (χ1v) is 6.77. The largest absolute Gasteiger partial charge is 0.418 e. The second-order valence-corrected chi connectivity index (χ2v) is 5.62. The van der Waals surface area contributed by atoms with Crippen molar-refractivity contribution in [3.05, 3.63) is 28.2 Å². The van der Waals surface area contributed by atoms with Gasteiger partial charge in [-0.3, -0.25) is 0 Å². The molecular formula is C13H17BrF3NO. The quantitative estimate of drug-likeness (QED) is 0.831. The molecule has 1 aromatic rings. The summed E-state index contributed by atoms with van der Waals surface area (Å²) in [6, 6.07) is 4.02. The maximum atomic E-state index is 13.0. The summed E-state index contributed by atoms with van der Waals surface area (Å²) in [5, 5.41) is 11.9. The number of alkyl halides is 3. The first-order valence-electron chi connectivity index (χ1n) is 5.97. The number of anilines is 1. The summed E-state index contributed by atoms with van der Waals surface area (Å²) in [5.74, 6) is 0. The number of hydrogen-bond donors (Lipinski definition) is 2. The van der Waals surface area contributed by atoms with Gasteiger partial charge in [0.05, 0.1) is 5.56 Å². The zero-order valence-electron chi connectivity index (χ0n) is 10.8. The number of nitrogens with one attached hydrogen (secondary N) is 1. The van der Waals surface area contributed by atoms with E-state index in [1.807, 2.05) is 6.92 Å². The van der Waals surface area contributed by atoms with E-state index < -0.39 is 17.3 Å². The van der Waals surface area contributed by atoms with Crippen LogP contribution in [0.1, 0.15) is 32.3 Å². The lowest BCUT2D eigenvalue weighted by Gasteiger charge is -2.31. The Morgan fingerprint density at radius 2 is 1.95 bits per heavy atom. The number of rotatable bonds is 5. The van der Waals surface area contributed by atoms with Crippen molar-refractivity contribution in [3.8, 4) is 0 Å². The van der Waals surface area contributed by atoms with Crippen LogP contribution in [0.3, 0.4) is 0 Å². The molecule has 0 aliphatic carbocycles. The average Bonchev–Trinajstić information content (AvgIpc) is 2.30. The van der Waals surface area contributed by atoms with Gasteiger partial charge in [-0.25, -0.2) is 0 Å². The molecule has 1 atom stereocenters. The monoisotopic (exact) mass is 339 g/mol. The van der Waals surface area contributed by atoms with Crippen molar-refractivity contribution in [2.24, 2.45) is 0 Å². The van der Waals surface area contributed by atoms with E-state index in [0.717, 1.165) is 6.07 Å². The normalized spacial score (nSPS) is 15.1. The van der Waals surface area contributed by atoms with Crippen LogP contribution in [0.2, 0.25) is 0 Å². The minimum atomic E-state index is -4.42. The number of halogens is 4. The lowest BCUT2D eigenvalue weighted by molar-refractivity contribution is -0.137. The molecule has 0 aliphatic heterocycles. The Hall–Kier alpha value is -0.750. The van der Waals surface area contributed by atoms with Crippen LogP contribution in [-0.4, -0.2) is 17.3 Å². The average molecular weight is 340 g/mol. The zero-order chi connectivity index (χ0) is 14.7. The first kappa shape index (κ1) is 16.3. The van der Waals surface area contributed by atoms with E-state index in [4.69, 9.17) is 5.11 Å². The summed E-state index contributed by atoms with van der Waals surface area (Å²) >= 11 is 3.05. The fraction of sp³-hybridized carbons (Fsp3) is 0.538. The second-order valence-electron chi connectivity index (χ2n) is 4.70. The maximum absolute atomic E-state index is 13.0. The Morgan fingerprint density at radius 3 is 2.42 bits per heavy atom. The van der Waals surface area contributed by atoms with E-state index in [1.54, 1.807) is 13.0 Å². The molecule has 0 fully saturated rings. The standard InChI is InChI=1S/C13H17BrF3NO/c1-3-12(2,6-7-19)18-11-5-4-9(14)8-10(11)13(15,16)17/h4-5,8,18-19H,3,6-7H2,1-2H3.